The Morgan fingerprint density at radius 2 is 2.11 bits per heavy atom. The molecule has 3 rings (SSSR count). The van der Waals surface area contributed by atoms with Crippen LogP contribution in [0.2, 0.25) is 0 Å². The Balaban J connectivity index is 2.33. The lowest BCUT2D eigenvalue weighted by molar-refractivity contribution is -0.134. The molecule has 0 saturated carbocycles. The van der Waals surface area contributed by atoms with Crippen molar-refractivity contribution in [1.82, 2.24) is 4.98 Å². The number of ether oxygens (including phenoxy) is 2. The molecule has 1 aliphatic rings. The Morgan fingerprint density at radius 1 is 1.39 bits per heavy atom. The third kappa shape index (κ3) is 3.34. The van der Waals surface area contributed by atoms with Crippen molar-refractivity contribution in [3.63, 3.8) is 0 Å². The number of aromatic amines is 1. The molecule has 152 valence electrons. The van der Waals surface area contributed by atoms with Crippen LogP contribution in [0.3, 0.4) is 0 Å². The van der Waals surface area contributed by atoms with Crippen LogP contribution in [0.5, 0.6) is 5.75 Å². The van der Waals surface area contributed by atoms with Crippen molar-refractivity contribution >= 4 is 40.1 Å². The number of anilines is 1. The van der Waals surface area contributed by atoms with E-state index in [1.807, 2.05) is 19.9 Å². The zero-order valence-corrected chi connectivity index (χ0v) is 17.8. The molecule has 0 radical (unpaired) electrons. The lowest BCUT2D eigenvalue weighted by Gasteiger charge is -2.24. The molecule has 0 fully saturated rings. The van der Waals surface area contributed by atoms with Crippen LogP contribution in [-0.2, 0) is 9.53 Å². The molecule has 1 aliphatic heterocycles. The highest BCUT2D eigenvalue weighted by atomic mass is 35.5. The largest absolute Gasteiger partial charge is 0.465 e. The average molecular weight is 407 g/mol. The summed E-state index contributed by atoms with van der Waals surface area (Å²) >= 11 is 6.31. The maximum Gasteiger partial charge on any atom is 0.340 e. The summed E-state index contributed by atoms with van der Waals surface area (Å²) in [5.74, 6) is 0.232. The molecule has 1 aromatic carbocycles. The average Bonchev–Trinajstić information content (AvgIpc) is 3.18. The third-order valence-corrected chi connectivity index (χ3v) is 5.63. The number of H-pyrrole nitrogens is 1. The number of carbonyl (C=O) groups excluding carboxylic acids is 2. The van der Waals surface area contributed by atoms with Gasteiger partial charge in [-0.05, 0) is 32.8 Å². The Bertz CT molecular complexity index is 919. The van der Waals surface area contributed by atoms with E-state index in [-0.39, 0.29) is 17.9 Å². The van der Waals surface area contributed by atoms with Gasteiger partial charge in [0, 0.05) is 53.6 Å². The summed E-state index contributed by atoms with van der Waals surface area (Å²) in [6, 6.07) is 2.14. The molecule has 2 heterocycles. The van der Waals surface area contributed by atoms with E-state index in [9.17, 15) is 9.59 Å². The van der Waals surface area contributed by atoms with Crippen LogP contribution in [0.15, 0.2) is 6.07 Å². The second-order valence-corrected chi connectivity index (χ2v) is 7.80. The molecule has 1 atom stereocenters. The molecule has 1 N–H and O–H groups in total. The second kappa shape index (κ2) is 8.03. The minimum absolute atomic E-state index is 0.0700. The van der Waals surface area contributed by atoms with Gasteiger partial charge in [0.15, 0.2) is 5.75 Å². The number of halogens is 1. The van der Waals surface area contributed by atoms with Crippen molar-refractivity contribution in [3.05, 3.63) is 22.9 Å². The highest BCUT2D eigenvalue weighted by Crippen LogP contribution is 2.48. The van der Waals surface area contributed by atoms with Gasteiger partial charge in [-0.25, -0.2) is 4.79 Å². The summed E-state index contributed by atoms with van der Waals surface area (Å²) < 4.78 is 10.7. The number of nitrogens with one attached hydrogen (secondary N) is 1. The number of aryl methyl sites for hydroxylation is 1. The smallest absolute Gasteiger partial charge is 0.340 e. The van der Waals surface area contributed by atoms with Crippen LogP contribution in [0, 0.1) is 6.92 Å². The van der Waals surface area contributed by atoms with Gasteiger partial charge in [-0.1, -0.05) is 6.92 Å². The first-order valence-corrected chi connectivity index (χ1v) is 10.2. The summed E-state index contributed by atoms with van der Waals surface area (Å²) in [6.07, 6.45) is 1.04. The van der Waals surface area contributed by atoms with Crippen molar-refractivity contribution in [2.45, 2.75) is 52.5 Å². The van der Waals surface area contributed by atoms with Crippen molar-refractivity contribution < 1.29 is 19.1 Å². The molecule has 0 saturated heterocycles. The Hall–Kier alpha value is -2.21. The third-order valence-electron chi connectivity index (χ3n) is 5.26. The van der Waals surface area contributed by atoms with E-state index < -0.39 is 5.97 Å². The van der Waals surface area contributed by atoms with Crippen molar-refractivity contribution in [1.29, 1.82) is 0 Å². The van der Waals surface area contributed by atoms with E-state index in [0.717, 1.165) is 23.2 Å². The van der Waals surface area contributed by atoms with Gasteiger partial charge in [-0.3, -0.25) is 4.79 Å². The maximum absolute atomic E-state index is 12.6. The minimum atomic E-state index is -0.417. The maximum atomic E-state index is 12.6. The fraction of sp³-hybridized carbons (Fsp3) is 0.524. The number of fused-ring (bicyclic) bond motifs is 3. The summed E-state index contributed by atoms with van der Waals surface area (Å²) in [5, 5.41) is 0.745. The van der Waals surface area contributed by atoms with Gasteiger partial charge in [0.05, 0.1) is 18.2 Å². The molecular weight excluding hydrogens is 380 g/mol. The standard InChI is InChI=1S/C21H27ClN2O4/c1-6-7-16(25)28-15-8-14-18(13(9-22)10-24(14)11(2)3)19-17(21(26)27-5)12(4)23-20(15)19/h8,11,13,23H,6-7,9-10H2,1-5H3. The SMILES string of the molecule is CCCC(=O)Oc1cc2c(c3c(C(=O)OC)c(C)[nH]c13)C(CCl)CN2C(C)C. The fourth-order valence-corrected chi connectivity index (χ4v) is 4.24. The molecule has 0 bridgehead atoms. The van der Waals surface area contributed by atoms with E-state index >= 15 is 0 Å². The van der Waals surface area contributed by atoms with E-state index in [4.69, 9.17) is 21.1 Å². The number of carbonyl (C=O) groups is 2. The molecule has 2 aromatic rings. The monoisotopic (exact) mass is 406 g/mol. The molecule has 6 nitrogen and oxygen atoms in total. The van der Waals surface area contributed by atoms with E-state index in [1.54, 1.807) is 0 Å². The number of hydrogen-bond acceptors (Lipinski definition) is 5. The van der Waals surface area contributed by atoms with Crippen LogP contribution in [0.4, 0.5) is 5.69 Å². The Morgan fingerprint density at radius 3 is 2.68 bits per heavy atom. The van der Waals surface area contributed by atoms with Gasteiger partial charge in [-0.2, -0.15) is 0 Å². The normalized spacial score (nSPS) is 16.0. The lowest BCUT2D eigenvalue weighted by atomic mass is 9.95. The van der Waals surface area contributed by atoms with Gasteiger partial charge in [0.1, 0.15) is 0 Å². The van der Waals surface area contributed by atoms with Crippen molar-refractivity contribution in [2.24, 2.45) is 0 Å². The Kier molecular flexibility index (Phi) is 5.89. The molecule has 0 spiro atoms. The number of hydrogen-bond donors (Lipinski definition) is 1. The highest BCUT2D eigenvalue weighted by Gasteiger charge is 2.36. The predicted molar refractivity (Wildman–Crippen MR) is 111 cm³/mol. The van der Waals surface area contributed by atoms with Gasteiger partial charge in [0.25, 0.3) is 0 Å². The highest BCUT2D eigenvalue weighted by molar-refractivity contribution is 6.19. The lowest BCUT2D eigenvalue weighted by Crippen LogP contribution is -2.29. The zero-order chi connectivity index (χ0) is 20.6. The first kappa shape index (κ1) is 20.5. The summed E-state index contributed by atoms with van der Waals surface area (Å²) in [6.45, 7) is 8.72. The molecule has 0 aliphatic carbocycles. The molecule has 28 heavy (non-hydrogen) atoms. The molecule has 7 heteroatoms. The van der Waals surface area contributed by atoms with E-state index in [0.29, 0.717) is 41.2 Å². The number of nitrogens with zero attached hydrogens (tertiary/aromatic N) is 1. The van der Waals surface area contributed by atoms with Crippen LogP contribution >= 0.6 is 11.6 Å². The first-order chi connectivity index (χ1) is 13.3. The van der Waals surface area contributed by atoms with Gasteiger partial charge < -0.3 is 19.4 Å². The van der Waals surface area contributed by atoms with Crippen LogP contribution in [0.25, 0.3) is 10.9 Å². The first-order valence-electron chi connectivity index (χ1n) is 9.64. The predicted octanol–water partition coefficient (Wildman–Crippen LogP) is 4.52. The molecule has 1 unspecified atom stereocenters. The van der Waals surface area contributed by atoms with Crippen molar-refractivity contribution in [3.8, 4) is 5.75 Å². The molecular formula is C21H27ClN2O4. The summed E-state index contributed by atoms with van der Waals surface area (Å²) in [4.78, 5) is 30.2. The number of methoxy groups -OCH3 is 1. The zero-order valence-electron chi connectivity index (χ0n) is 17.0. The topological polar surface area (TPSA) is 71.6 Å². The number of rotatable bonds is 6. The van der Waals surface area contributed by atoms with E-state index in [1.165, 1.54) is 7.11 Å². The molecule has 1 aromatic heterocycles. The number of esters is 2. The fourth-order valence-electron chi connectivity index (χ4n) is 3.99. The quantitative estimate of drug-likeness (QED) is 0.434. The summed E-state index contributed by atoms with van der Waals surface area (Å²) in [5.41, 5.74) is 3.76. The Labute approximate surface area is 170 Å². The summed E-state index contributed by atoms with van der Waals surface area (Å²) in [7, 11) is 1.37. The molecule has 0 amide bonds. The van der Waals surface area contributed by atoms with Gasteiger partial charge >= 0.3 is 11.9 Å². The number of benzene rings is 1. The minimum Gasteiger partial charge on any atom is -0.465 e. The second-order valence-electron chi connectivity index (χ2n) is 7.50. The van der Waals surface area contributed by atoms with Gasteiger partial charge in [-0.15, -0.1) is 11.6 Å². The van der Waals surface area contributed by atoms with Crippen LogP contribution in [-0.4, -0.2) is 42.5 Å². The van der Waals surface area contributed by atoms with Crippen LogP contribution in [0.1, 0.15) is 61.1 Å². The number of alkyl halides is 1. The van der Waals surface area contributed by atoms with Crippen LogP contribution < -0.4 is 9.64 Å². The van der Waals surface area contributed by atoms with E-state index in [2.05, 4.69) is 23.7 Å². The van der Waals surface area contributed by atoms with Gasteiger partial charge in [0.2, 0.25) is 0 Å². The van der Waals surface area contributed by atoms with Crippen molar-refractivity contribution in [2.75, 3.05) is 24.4 Å². The number of aromatic nitrogens is 1.